The number of hydrogen-bond acceptors (Lipinski definition) is 1. The molecule has 0 bridgehead atoms. The molecule has 0 nitrogen and oxygen atoms in total. The molecule has 1 aromatic heterocycles. The molecule has 1 aromatic rings. The van der Waals surface area contributed by atoms with Crippen LogP contribution in [0.5, 0.6) is 0 Å². The molecule has 0 aliphatic carbocycles. The lowest BCUT2D eigenvalue weighted by atomic mass is 9.78. The van der Waals surface area contributed by atoms with Crippen molar-refractivity contribution in [2.45, 2.75) is 20.3 Å². The molecule has 4 heteroatoms. The zero-order valence-corrected chi connectivity index (χ0v) is 14.5. The van der Waals surface area contributed by atoms with Crippen molar-refractivity contribution < 1.29 is 0 Å². The minimum Gasteiger partial charge on any atom is -0.148 e. The molecular weight excluding hydrogens is 404 g/mol. The lowest BCUT2D eigenvalue weighted by molar-refractivity contribution is 0.269. The van der Waals surface area contributed by atoms with E-state index in [0.29, 0.717) is 11.3 Å². The van der Waals surface area contributed by atoms with Gasteiger partial charge < -0.3 is 0 Å². The monoisotopic (exact) mass is 416 g/mol. The molecule has 0 unspecified atom stereocenters. The van der Waals surface area contributed by atoms with Crippen LogP contribution in [-0.2, 0) is 6.42 Å². The van der Waals surface area contributed by atoms with Crippen LogP contribution >= 0.6 is 59.1 Å². The molecule has 0 saturated carbocycles. The fraction of sp³-hybridized carbons (Fsp3) is 0.636. The highest BCUT2D eigenvalue weighted by Crippen LogP contribution is 2.39. The van der Waals surface area contributed by atoms with Gasteiger partial charge in [-0.25, -0.2) is 0 Å². The van der Waals surface area contributed by atoms with Crippen LogP contribution in [-0.4, -0.2) is 10.7 Å². The second-order valence-electron chi connectivity index (χ2n) is 4.15. The van der Waals surface area contributed by atoms with E-state index in [0.717, 1.165) is 17.1 Å². The maximum atomic E-state index is 3.66. The lowest BCUT2D eigenvalue weighted by Crippen LogP contribution is -2.33. The molecule has 0 atom stereocenters. The molecule has 0 radical (unpaired) electrons. The summed E-state index contributed by atoms with van der Waals surface area (Å²) in [5.74, 6) is 0.658. The fourth-order valence-corrected chi connectivity index (χ4v) is 5.68. The number of halogens is 3. The van der Waals surface area contributed by atoms with Gasteiger partial charge in [0.2, 0.25) is 0 Å². The van der Waals surface area contributed by atoms with Crippen LogP contribution in [0.2, 0.25) is 0 Å². The zero-order chi connectivity index (χ0) is 11.5. The predicted octanol–water partition coefficient (Wildman–Crippen LogP) is 5.49. The van der Waals surface area contributed by atoms with E-state index in [1.165, 1.54) is 9.35 Å². The number of alkyl halides is 2. The Hall–Kier alpha value is 1.14. The van der Waals surface area contributed by atoms with E-state index < -0.39 is 0 Å². The highest BCUT2D eigenvalue weighted by Gasteiger charge is 2.32. The Morgan fingerprint density at radius 3 is 2.27 bits per heavy atom. The largest absolute Gasteiger partial charge is 0.148 e. The Labute approximate surface area is 121 Å². The molecular formula is C11H15Br3S. The van der Waals surface area contributed by atoms with Crippen molar-refractivity contribution in [1.82, 2.24) is 0 Å². The van der Waals surface area contributed by atoms with Gasteiger partial charge in [0.05, 0.1) is 0 Å². The van der Waals surface area contributed by atoms with Crippen molar-refractivity contribution in [1.29, 1.82) is 0 Å². The third-order valence-electron chi connectivity index (χ3n) is 2.96. The molecule has 0 spiro atoms. The number of rotatable bonds is 5. The van der Waals surface area contributed by atoms with E-state index in [2.05, 4.69) is 73.1 Å². The van der Waals surface area contributed by atoms with Crippen molar-refractivity contribution in [2.24, 2.45) is 11.3 Å². The molecule has 0 aliphatic rings. The van der Waals surface area contributed by atoms with Gasteiger partial charge in [-0.15, -0.1) is 11.3 Å². The van der Waals surface area contributed by atoms with Crippen LogP contribution in [0.15, 0.2) is 15.9 Å². The molecule has 1 rings (SSSR count). The Morgan fingerprint density at radius 1 is 1.33 bits per heavy atom. The summed E-state index contributed by atoms with van der Waals surface area (Å²) in [5.41, 5.74) is 0.313. The summed E-state index contributed by atoms with van der Waals surface area (Å²) in [6.45, 7) is 4.59. The van der Waals surface area contributed by atoms with E-state index >= 15 is 0 Å². The first-order valence-electron chi connectivity index (χ1n) is 4.89. The average molecular weight is 419 g/mol. The molecule has 0 saturated heterocycles. The van der Waals surface area contributed by atoms with Gasteiger partial charge in [-0.2, -0.15) is 0 Å². The summed E-state index contributed by atoms with van der Waals surface area (Å²) in [6.07, 6.45) is 1.12. The van der Waals surface area contributed by atoms with E-state index in [1.54, 1.807) is 0 Å². The third-order valence-corrected chi connectivity index (χ3v) is 7.12. The van der Waals surface area contributed by atoms with E-state index in [4.69, 9.17) is 0 Å². The standard InChI is InChI=1S/C11H15Br3S/c1-8(2)11(6-12,7-13)5-10-9(14)3-4-15-10/h3-4,8H,5-7H2,1-2H3. The van der Waals surface area contributed by atoms with Gasteiger partial charge in [0.15, 0.2) is 0 Å². The summed E-state index contributed by atoms with van der Waals surface area (Å²) in [5, 5.41) is 4.22. The normalized spacial score (nSPS) is 12.4. The van der Waals surface area contributed by atoms with Gasteiger partial charge in [-0.3, -0.25) is 0 Å². The van der Waals surface area contributed by atoms with Crippen LogP contribution in [0.25, 0.3) is 0 Å². The highest BCUT2D eigenvalue weighted by atomic mass is 79.9. The summed E-state index contributed by atoms with van der Waals surface area (Å²) < 4.78 is 1.25. The molecule has 0 aromatic carbocycles. The Morgan fingerprint density at radius 2 is 1.93 bits per heavy atom. The Balaban J connectivity index is 2.88. The molecule has 86 valence electrons. The maximum absolute atomic E-state index is 3.66. The molecule has 15 heavy (non-hydrogen) atoms. The molecule has 1 heterocycles. The summed E-state index contributed by atoms with van der Waals surface area (Å²) in [6, 6.07) is 2.13. The smallest absolute Gasteiger partial charge is 0.0314 e. The topological polar surface area (TPSA) is 0 Å². The van der Waals surface area contributed by atoms with Gasteiger partial charge in [0, 0.05) is 20.0 Å². The van der Waals surface area contributed by atoms with Crippen molar-refractivity contribution in [3.8, 4) is 0 Å². The summed E-state index contributed by atoms with van der Waals surface area (Å²) >= 11 is 12.8. The van der Waals surface area contributed by atoms with Crippen molar-refractivity contribution in [3.63, 3.8) is 0 Å². The van der Waals surface area contributed by atoms with Gasteiger partial charge in [-0.1, -0.05) is 45.7 Å². The van der Waals surface area contributed by atoms with E-state index in [-0.39, 0.29) is 0 Å². The quantitative estimate of drug-likeness (QED) is 0.555. The second kappa shape index (κ2) is 6.18. The average Bonchev–Trinajstić information content (AvgIpc) is 2.60. The van der Waals surface area contributed by atoms with Gasteiger partial charge in [0.25, 0.3) is 0 Å². The van der Waals surface area contributed by atoms with Crippen molar-refractivity contribution in [3.05, 3.63) is 20.8 Å². The highest BCUT2D eigenvalue weighted by molar-refractivity contribution is 9.10. The van der Waals surface area contributed by atoms with Crippen LogP contribution in [0.3, 0.4) is 0 Å². The lowest BCUT2D eigenvalue weighted by Gasteiger charge is -2.34. The Bertz CT molecular complexity index is 303. The molecule has 0 aliphatic heterocycles. The predicted molar refractivity (Wildman–Crippen MR) is 80.6 cm³/mol. The van der Waals surface area contributed by atoms with Crippen LogP contribution in [0.1, 0.15) is 18.7 Å². The minimum atomic E-state index is 0.313. The minimum absolute atomic E-state index is 0.313. The third kappa shape index (κ3) is 3.30. The van der Waals surface area contributed by atoms with Crippen molar-refractivity contribution >= 4 is 59.1 Å². The number of thiophene rings is 1. The van der Waals surface area contributed by atoms with E-state index in [9.17, 15) is 0 Å². The second-order valence-corrected chi connectivity index (χ2v) is 7.13. The summed E-state index contributed by atoms with van der Waals surface area (Å²) in [7, 11) is 0. The Kier molecular flexibility index (Phi) is 5.85. The van der Waals surface area contributed by atoms with Gasteiger partial charge in [0.1, 0.15) is 0 Å². The molecule has 0 fully saturated rings. The van der Waals surface area contributed by atoms with Crippen LogP contribution in [0.4, 0.5) is 0 Å². The first kappa shape index (κ1) is 14.2. The first-order valence-corrected chi connectivity index (χ1v) is 8.81. The van der Waals surface area contributed by atoms with Crippen LogP contribution < -0.4 is 0 Å². The number of hydrogen-bond donors (Lipinski definition) is 0. The SMILES string of the molecule is CC(C)C(CBr)(CBr)Cc1sccc1Br. The van der Waals surface area contributed by atoms with E-state index in [1.807, 2.05) is 11.3 Å². The molecule has 0 N–H and O–H groups in total. The summed E-state index contributed by atoms with van der Waals surface area (Å²) in [4.78, 5) is 1.45. The zero-order valence-electron chi connectivity index (χ0n) is 8.90. The first-order chi connectivity index (χ1) is 7.05. The van der Waals surface area contributed by atoms with Gasteiger partial charge >= 0.3 is 0 Å². The fourth-order valence-electron chi connectivity index (χ4n) is 1.41. The van der Waals surface area contributed by atoms with Gasteiger partial charge in [-0.05, 0) is 45.1 Å². The van der Waals surface area contributed by atoms with Crippen molar-refractivity contribution in [2.75, 3.05) is 10.7 Å². The molecule has 0 amide bonds. The maximum Gasteiger partial charge on any atom is 0.0314 e. The van der Waals surface area contributed by atoms with Crippen LogP contribution in [0, 0.1) is 11.3 Å².